The zero-order valence-electron chi connectivity index (χ0n) is 12.2. The predicted octanol–water partition coefficient (Wildman–Crippen LogP) is 3.25. The van der Waals surface area contributed by atoms with Crippen molar-refractivity contribution >= 4 is 23.4 Å². The van der Waals surface area contributed by atoms with E-state index in [2.05, 4.69) is 5.16 Å². The molecule has 0 amide bonds. The number of rotatable bonds is 3. The van der Waals surface area contributed by atoms with Crippen LogP contribution < -0.4 is 0 Å². The number of hydrogen-bond acceptors (Lipinski definition) is 5. The molecule has 1 aliphatic heterocycles. The van der Waals surface area contributed by atoms with E-state index in [0.717, 1.165) is 11.1 Å². The smallest absolute Gasteiger partial charge is 0.312 e. The molecular formula is C17H12N2O4. The second-order valence-corrected chi connectivity index (χ2v) is 5.04. The van der Waals surface area contributed by atoms with Gasteiger partial charge in [-0.2, -0.15) is 0 Å². The van der Waals surface area contributed by atoms with Gasteiger partial charge in [-0.05, 0) is 24.1 Å². The molecule has 0 radical (unpaired) electrons. The summed E-state index contributed by atoms with van der Waals surface area (Å²) in [6.45, 7) is 1.91. The monoisotopic (exact) mass is 308 g/mol. The molecule has 6 nitrogen and oxygen atoms in total. The molecule has 0 fully saturated rings. The Morgan fingerprint density at radius 1 is 1.17 bits per heavy atom. The van der Waals surface area contributed by atoms with Crippen molar-refractivity contribution in [2.45, 2.75) is 6.92 Å². The summed E-state index contributed by atoms with van der Waals surface area (Å²) in [4.78, 5) is 27.1. The summed E-state index contributed by atoms with van der Waals surface area (Å²) < 4.78 is 0. The standard InChI is InChI=1S/C17H12N2O4/c1-11-5-2-3-8-14(11)16-15(17(20)23-18-16)10-12-6-4-7-13(9-12)19(21)22/h2-10H,1H3. The number of carbonyl (C=O) groups is 1. The first-order valence-corrected chi connectivity index (χ1v) is 6.88. The molecule has 0 N–H and O–H groups in total. The number of carbonyl (C=O) groups excluding carboxylic acids is 1. The number of hydrogen-bond donors (Lipinski definition) is 0. The quantitative estimate of drug-likeness (QED) is 0.377. The molecule has 6 heteroatoms. The summed E-state index contributed by atoms with van der Waals surface area (Å²) >= 11 is 0. The van der Waals surface area contributed by atoms with Crippen molar-refractivity contribution < 1.29 is 14.6 Å². The van der Waals surface area contributed by atoms with Gasteiger partial charge in [0.1, 0.15) is 5.71 Å². The number of benzene rings is 2. The van der Waals surface area contributed by atoms with E-state index in [4.69, 9.17) is 4.84 Å². The average molecular weight is 308 g/mol. The summed E-state index contributed by atoms with van der Waals surface area (Å²) in [6.07, 6.45) is 1.55. The zero-order chi connectivity index (χ0) is 16.4. The van der Waals surface area contributed by atoms with Gasteiger partial charge in [0.15, 0.2) is 0 Å². The average Bonchev–Trinajstić information content (AvgIpc) is 2.89. The third kappa shape index (κ3) is 2.87. The van der Waals surface area contributed by atoms with Crippen LogP contribution in [-0.4, -0.2) is 16.6 Å². The molecule has 0 saturated carbocycles. The Kier molecular flexibility index (Phi) is 3.72. The minimum absolute atomic E-state index is 0.0416. The highest BCUT2D eigenvalue weighted by Crippen LogP contribution is 2.24. The zero-order valence-corrected chi connectivity index (χ0v) is 12.2. The van der Waals surface area contributed by atoms with E-state index < -0.39 is 10.9 Å². The molecule has 23 heavy (non-hydrogen) atoms. The van der Waals surface area contributed by atoms with Gasteiger partial charge in [-0.3, -0.25) is 10.1 Å². The number of nitro groups is 1. The second-order valence-electron chi connectivity index (χ2n) is 5.04. The Labute approximate surface area is 131 Å². The van der Waals surface area contributed by atoms with Crippen molar-refractivity contribution in [3.8, 4) is 0 Å². The molecule has 0 aliphatic carbocycles. The fraction of sp³-hybridized carbons (Fsp3) is 0.0588. The molecule has 3 rings (SSSR count). The van der Waals surface area contributed by atoms with Crippen LogP contribution in [0.15, 0.2) is 59.3 Å². The van der Waals surface area contributed by atoms with Crippen molar-refractivity contribution in [2.24, 2.45) is 5.16 Å². The summed E-state index contributed by atoms with van der Waals surface area (Å²) in [6, 6.07) is 13.5. The largest absolute Gasteiger partial charge is 0.368 e. The number of nitrogens with zero attached hydrogens (tertiary/aromatic N) is 2. The van der Waals surface area contributed by atoms with E-state index in [9.17, 15) is 14.9 Å². The lowest BCUT2D eigenvalue weighted by Gasteiger charge is -2.04. The first-order chi connectivity index (χ1) is 11.1. The van der Waals surface area contributed by atoms with Gasteiger partial charge < -0.3 is 4.84 Å². The number of nitro benzene ring substituents is 1. The van der Waals surface area contributed by atoms with E-state index in [1.165, 1.54) is 12.1 Å². The molecule has 1 aliphatic rings. The molecule has 0 spiro atoms. The van der Waals surface area contributed by atoms with E-state index in [0.29, 0.717) is 11.3 Å². The van der Waals surface area contributed by atoms with Crippen molar-refractivity contribution in [1.29, 1.82) is 0 Å². The second kappa shape index (κ2) is 5.84. The lowest BCUT2D eigenvalue weighted by Crippen LogP contribution is -2.08. The fourth-order valence-corrected chi connectivity index (χ4v) is 2.34. The lowest BCUT2D eigenvalue weighted by molar-refractivity contribution is -0.384. The van der Waals surface area contributed by atoms with E-state index in [-0.39, 0.29) is 11.3 Å². The van der Waals surface area contributed by atoms with Crippen LogP contribution in [0.1, 0.15) is 16.7 Å². The minimum Gasteiger partial charge on any atom is -0.312 e. The van der Waals surface area contributed by atoms with Crippen LogP contribution in [0.3, 0.4) is 0 Å². The summed E-state index contributed by atoms with van der Waals surface area (Å²) in [5, 5.41) is 14.7. The summed E-state index contributed by atoms with van der Waals surface area (Å²) in [5.74, 6) is -0.574. The third-order valence-electron chi connectivity index (χ3n) is 3.49. The van der Waals surface area contributed by atoms with E-state index >= 15 is 0 Å². The first kappa shape index (κ1) is 14.6. The predicted molar refractivity (Wildman–Crippen MR) is 84.9 cm³/mol. The van der Waals surface area contributed by atoms with Gasteiger partial charge in [-0.1, -0.05) is 41.6 Å². The number of non-ortho nitro benzene ring substituents is 1. The van der Waals surface area contributed by atoms with Crippen molar-refractivity contribution in [2.75, 3.05) is 0 Å². The summed E-state index contributed by atoms with van der Waals surface area (Å²) in [5.41, 5.74) is 2.94. The maximum absolute atomic E-state index is 12.0. The molecule has 2 aromatic carbocycles. The molecule has 114 valence electrons. The van der Waals surface area contributed by atoms with Crippen LogP contribution in [0, 0.1) is 17.0 Å². The maximum Gasteiger partial charge on any atom is 0.368 e. The van der Waals surface area contributed by atoms with Gasteiger partial charge in [0, 0.05) is 17.7 Å². The van der Waals surface area contributed by atoms with Crippen LogP contribution in [0.25, 0.3) is 6.08 Å². The van der Waals surface area contributed by atoms with Gasteiger partial charge in [0.2, 0.25) is 0 Å². The Hall–Kier alpha value is -3.28. The topological polar surface area (TPSA) is 81.8 Å². The fourth-order valence-electron chi connectivity index (χ4n) is 2.34. The minimum atomic E-state index is -0.574. The van der Waals surface area contributed by atoms with E-state index in [1.54, 1.807) is 18.2 Å². The van der Waals surface area contributed by atoms with Crippen molar-refractivity contribution in [1.82, 2.24) is 0 Å². The van der Waals surface area contributed by atoms with Crippen LogP contribution in [0.2, 0.25) is 0 Å². The van der Waals surface area contributed by atoms with Crippen LogP contribution in [-0.2, 0) is 9.63 Å². The van der Waals surface area contributed by atoms with Crippen LogP contribution in [0.4, 0.5) is 5.69 Å². The molecule has 2 aromatic rings. The Morgan fingerprint density at radius 2 is 1.96 bits per heavy atom. The van der Waals surface area contributed by atoms with Gasteiger partial charge in [0.05, 0.1) is 10.5 Å². The first-order valence-electron chi connectivity index (χ1n) is 6.88. The normalized spacial score (nSPS) is 15.4. The van der Waals surface area contributed by atoms with Crippen LogP contribution in [0.5, 0.6) is 0 Å². The van der Waals surface area contributed by atoms with Crippen molar-refractivity contribution in [3.05, 3.63) is 80.9 Å². The molecule has 0 aromatic heterocycles. The number of oxime groups is 1. The highest BCUT2D eigenvalue weighted by atomic mass is 16.7. The molecule has 0 atom stereocenters. The number of aryl methyl sites for hydroxylation is 1. The highest BCUT2D eigenvalue weighted by molar-refractivity contribution is 6.31. The van der Waals surface area contributed by atoms with Crippen molar-refractivity contribution in [3.63, 3.8) is 0 Å². The Balaban J connectivity index is 2.05. The van der Waals surface area contributed by atoms with E-state index in [1.807, 2.05) is 31.2 Å². The molecule has 1 heterocycles. The Morgan fingerprint density at radius 3 is 2.70 bits per heavy atom. The van der Waals surface area contributed by atoms with Gasteiger partial charge in [0.25, 0.3) is 5.69 Å². The van der Waals surface area contributed by atoms with Gasteiger partial charge in [-0.15, -0.1) is 0 Å². The lowest BCUT2D eigenvalue weighted by atomic mass is 9.97. The van der Waals surface area contributed by atoms with Crippen LogP contribution >= 0.6 is 0 Å². The molecular weight excluding hydrogens is 296 g/mol. The SMILES string of the molecule is Cc1ccccc1C1=NOC(=O)C1=Cc1cccc([N+](=O)[O-])c1. The van der Waals surface area contributed by atoms with Gasteiger partial charge in [-0.25, -0.2) is 4.79 Å². The Bertz CT molecular complexity index is 868. The van der Waals surface area contributed by atoms with Gasteiger partial charge >= 0.3 is 5.97 Å². The maximum atomic E-state index is 12.0. The molecule has 0 bridgehead atoms. The molecule has 0 saturated heterocycles. The highest BCUT2D eigenvalue weighted by Gasteiger charge is 2.27. The third-order valence-corrected chi connectivity index (χ3v) is 3.49. The summed E-state index contributed by atoms with van der Waals surface area (Å²) in [7, 11) is 0. The molecule has 0 unspecified atom stereocenters.